The van der Waals surface area contributed by atoms with Gasteiger partial charge in [-0.2, -0.15) is 0 Å². The van der Waals surface area contributed by atoms with Crippen molar-refractivity contribution in [3.8, 4) is 0 Å². The van der Waals surface area contributed by atoms with Crippen molar-refractivity contribution in [3.05, 3.63) is 12.2 Å². The number of carbonyl (C=O) groups excluding carboxylic acids is 4. The van der Waals surface area contributed by atoms with Crippen LogP contribution in [0, 0.1) is 10.8 Å². The maximum atomic E-state index is 13.5. The summed E-state index contributed by atoms with van der Waals surface area (Å²) in [6.07, 6.45) is 2.36. The highest BCUT2D eigenvalue weighted by Gasteiger charge is 2.42. The van der Waals surface area contributed by atoms with Gasteiger partial charge in [0, 0.05) is 18.2 Å². The molecule has 0 radical (unpaired) electrons. The molecule has 254 valence electrons. The van der Waals surface area contributed by atoms with Gasteiger partial charge in [0.1, 0.15) is 19.9 Å². The van der Waals surface area contributed by atoms with Crippen molar-refractivity contribution < 1.29 is 51.6 Å². The van der Waals surface area contributed by atoms with E-state index in [0.717, 1.165) is 25.7 Å². The first-order valence-electron chi connectivity index (χ1n) is 15.1. The lowest BCUT2D eigenvalue weighted by Crippen LogP contribution is -2.50. The predicted molar refractivity (Wildman–Crippen MR) is 158 cm³/mol. The lowest BCUT2D eigenvalue weighted by Gasteiger charge is -2.46. The zero-order valence-electron chi connectivity index (χ0n) is 26.6. The smallest absolute Gasteiger partial charge is 0.407 e. The van der Waals surface area contributed by atoms with Crippen LogP contribution in [0.1, 0.15) is 79.1 Å². The van der Waals surface area contributed by atoms with E-state index in [-0.39, 0.29) is 43.2 Å². The van der Waals surface area contributed by atoms with E-state index in [1.165, 1.54) is 0 Å². The van der Waals surface area contributed by atoms with Gasteiger partial charge >= 0.3 is 24.2 Å². The third-order valence-corrected chi connectivity index (χ3v) is 6.85. The van der Waals surface area contributed by atoms with Crippen molar-refractivity contribution in [2.75, 3.05) is 52.8 Å². The molecule has 0 heterocycles. The molecule has 14 heteroatoms. The number of hydrogen-bond donors (Lipinski definition) is 3. The van der Waals surface area contributed by atoms with Crippen LogP contribution in [-0.2, 0) is 28.5 Å². The molecule has 0 aromatic carbocycles. The molecule has 1 saturated carbocycles. The molecule has 0 spiro atoms. The lowest BCUT2D eigenvalue weighted by atomic mass is 9.62. The number of alkyl halides is 2. The Bertz CT molecular complexity index is 922. The topological polar surface area (TPSA) is 151 Å². The normalized spacial score (nSPS) is 19.6. The zero-order chi connectivity index (χ0) is 33.0. The van der Waals surface area contributed by atoms with Gasteiger partial charge in [-0.1, -0.05) is 46.6 Å². The first-order chi connectivity index (χ1) is 20.7. The number of halogens is 2. The number of unbranched alkanes of at least 4 members (excludes halogenated alkanes) is 4. The highest BCUT2D eigenvalue weighted by atomic mass is 19.1. The number of nitrogens with one attached hydrogen (secondary N) is 3. The maximum absolute atomic E-state index is 13.5. The van der Waals surface area contributed by atoms with Crippen molar-refractivity contribution in [2.45, 2.75) is 91.5 Å². The van der Waals surface area contributed by atoms with Gasteiger partial charge in [0.05, 0.1) is 26.4 Å². The molecule has 0 aromatic heterocycles. The quantitative estimate of drug-likeness (QED) is 0.0718. The summed E-state index contributed by atoms with van der Waals surface area (Å²) in [7, 11) is 0. The van der Waals surface area contributed by atoms with Crippen LogP contribution in [-0.4, -0.2) is 89.4 Å². The second kappa shape index (κ2) is 20.7. The largest absolute Gasteiger partial charge is 0.460 e. The molecule has 3 amide bonds. The fourth-order valence-corrected chi connectivity index (χ4v) is 5.31. The number of hydrogen-bond acceptors (Lipinski definition) is 9. The zero-order valence-corrected chi connectivity index (χ0v) is 26.6. The highest BCUT2D eigenvalue weighted by Crippen LogP contribution is 2.45. The Morgan fingerprint density at radius 1 is 0.841 bits per heavy atom. The van der Waals surface area contributed by atoms with E-state index in [4.69, 9.17) is 18.9 Å². The Morgan fingerprint density at radius 2 is 1.45 bits per heavy atom. The van der Waals surface area contributed by atoms with E-state index in [0.29, 0.717) is 37.8 Å². The second-order valence-electron chi connectivity index (χ2n) is 12.2. The van der Waals surface area contributed by atoms with Crippen LogP contribution in [0.3, 0.4) is 0 Å². The molecule has 3 N–H and O–H groups in total. The summed E-state index contributed by atoms with van der Waals surface area (Å²) in [4.78, 5) is 47.3. The maximum Gasteiger partial charge on any atom is 0.407 e. The van der Waals surface area contributed by atoms with E-state index in [2.05, 4.69) is 41.1 Å². The van der Waals surface area contributed by atoms with Gasteiger partial charge in [-0.3, -0.25) is 0 Å². The van der Waals surface area contributed by atoms with Crippen LogP contribution in [0.4, 0.5) is 23.2 Å². The number of esters is 1. The minimum Gasteiger partial charge on any atom is -0.460 e. The molecular formula is C30H51F2N3O9. The average Bonchev–Trinajstić information content (AvgIpc) is 2.94. The lowest BCUT2D eigenvalue weighted by molar-refractivity contribution is -0.138. The molecule has 1 aliphatic carbocycles. The summed E-state index contributed by atoms with van der Waals surface area (Å²) in [5.74, 6) is -0.509. The average molecular weight is 636 g/mol. The minimum absolute atomic E-state index is 0.0422. The Hall–Kier alpha value is -3.16. The van der Waals surface area contributed by atoms with Gasteiger partial charge in [-0.25, -0.2) is 28.0 Å². The molecule has 1 aliphatic rings. The first kappa shape index (κ1) is 38.9. The Balaban J connectivity index is 2.17. The van der Waals surface area contributed by atoms with Gasteiger partial charge in [-0.15, -0.1) is 0 Å². The number of ether oxygens (including phenoxy) is 5. The summed E-state index contributed by atoms with van der Waals surface area (Å²) < 4.78 is 50.2. The number of amides is 3. The molecule has 1 rings (SSSR count). The molecule has 44 heavy (non-hydrogen) atoms. The summed E-state index contributed by atoms with van der Waals surface area (Å²) >= 11 is 0. The molecule has 0 aromatic rings. The number of rotatable bonds is 20. The van der Waals surface area contributed by atoms with Crippen molar-refractivity contribution in [1.82, 2.24) is 16.0 Å². The monoisotopic (exact) mass is 635 g/mol. The number of carbonyl (C=O) groups is 4. The first-order valence-corrected chi connectivity index (χ1v) is 15.1. The summed E-state index contributed by atoms with van der Waals surface area (Å²) in [5, 5.41) is 8.11. The van der Waals surface area contributed by atoms with Gasteiger partial charge in [0.25, 0.3) is 0 Å². The molecular weight excluding hydrogens is 584 g/mol. The summed E-state index contributed by atoms with van der Waals surface area (Å²) in [6, 6.07) is -0.239. The third kappa shape index (κ3) is 18.5. The minimum atomic E-state index is -1.89. The van der Waals surface area contributed by atoms with Gasteiger partial charge < -0.3 is 39.6 Å². The van der Waals surface area contributed by atoms with Crippen molar-refractivity contribution >= 4 is 24.2 Å². The molecule has 0 aliphatic heterocycles. The van der Waals surface area contributed by atoms with E-state index in [1.54, 1.807) is 6.92 Å². The van der Waals surface area contributed by atoms with Crippen LogP contribution in [0.2, 0.25) is 0 Å². The molecule has 3 atom stereocenters. The Labute approximate surface area is 259 Å². The fraction of sp³-hybridized carbons (Fsp3) is 0.800. The molecule has 0 bridgehead atoms. The fourth-order valence-electron chi connectivity index (χ4n) is 5.31. The Kier molecular flexibility index (Phi) is 18.3. The molecule has 0 saturated heterocycles. The van der Waals surface area contributed by atoms with Crippen molar-refractivity contribution in [2.24, 2.45) is 10.8 Å². The van der Waals surface area contributed by atoms with E-state index in [1.807, 2.05) is 6.92 Å². The van der Waals surface area contributed by atoms with Crippen molar-refractivity contribution in [1.29, 1.82) is 0 Å². The van der Waals surface area contributed by atoms with Gasteiger partial charge in [0.2, 0.25) is 6.36 Å². The standard InChI is InChI=1S/C30H51F2N3O9/c1-22(2)25(36)41-16-12-33-26(37)42-13-9-7-6-8-10-14-43-27(38)34-21-30(5)18-23(17-29(3,4)20-30)35-28(39)44-19-24(32)40-15-11-31/h23-24H,1,6-21H2,2-5H3,(H,33,37)(H,34,38)(H,35,39). The van der Waals surface area contributed by atoms with Crippen molar-refractivity contribution in [3.63, 3.8) is 0 Å². The molecule has 3 unspecified atom stereocenters. The second-order valence-corrected chi connectivity index (χ2v) is 12.2. The van der Waals surface area contributed by atoms with Crippen LogP contribution < -0.4 is 16.0 Å². The predicted octanol–water partition coefficient (Wildman–Crippen LogP) is 5.10. The number of alkyl carbamates (subject to hydrolysis) is 3. The summed E-state index contributed by atoms with van der Waals surface area (Å²) in [5.41, 5.74) is -0.152. The third-order valence-electron chi connectivity index (χ3n) is 6.85. The highest BCUT2D eigenvalue weighted by molar-refractivity contribution is 5.86. The molecule has 1 fully saturated rings. The van der Waals surface area contributed by atoms with Crippen LogP contribution in [0.25, 0.3) is 0 Å². The van der Waals surface area contributed by atoms with E-state index >= 15 is 0 Å². The van der Waals surface area contributed by atoms with Crippen LogP contribution in [0.15, 0.2) is 12.2 Å². The summed E-state index contributed by atoms with van der Waals surface area (Å²) in [6.45, 7) is 10.5. The molecule has 12 nitrogen and oxygen atoms in total. The van der Waals surface area contributed by atoms with E-state index in [9.17, 15) is 28.0 Å². The van der Waals surface area contributed by atoms with E-state index < -0.39 is 50.5 Å². The SMILES string of the molecule is C=C(C)C(=O)OCCNC(=O)OCCCCCCCOC(=O)NCC1(C)CC(NC(=O)OCC(F)OCCF)CC(C)(C)C1. The van der Waals surface area contributed by atoms with Crippen LogP contribution >= 0.6 is 0 Å². The Morgan fingerprint density at radius 3 is 2.07 bits per heavy atom. The van der Waals surface area contributed by atoms with Gasteiger partial charge in [0.15, 0.2) is 0 Å². The van der Waals surface area contributed by atoms with Crippen LogP contribution in [0.5, 0.6) is 0 Å². The van der Waals surface area contributed by atoms with Gasteiger partial charge in [-0.05, 0) is 49.9 Å².